The molecule has 1 aromatic carbocycles. The quantitative estimate of drug-likeness (QED) is 0.876. The van der Waals surface area contributed by atoms with E-state index in [0.29, 0.717) is 12.1 Å². The summed E-state index contributed by atoms with van der Waals surface area (Å²) in [6.07, 6.45) is 0.287. The van der Waals surface area contributed by atoms with Gasteiger partial charge < -0.3 is 4.74 Å². The standard InChI is InChI=1S/C16H23N3O3S/c1-12(19-10-13(2)22-14(3)11-19)9-18-23(20,21)16-6-4-5-15(7-16)8-17/h4-7,12-14,18H,9-11H2,1-3H3. The van der Waals surface area contributed by atoms with E-state index < -0.39 is 10.0 Å². The van der Waals surface area contributed by atoms with Crippen LogP contribution in [-0.4, -0.2) is 51.2 Å². The summed E-state index contributed by atoms with van der Waals surface area (Å²) < 4.78 is 33.0. The van der Waals surface area contributed by atoms with Crippen LogP contribution in [0.15, 0.2) is 29.2 Å². The third kappa shape index (κ3) is 4.75. The molecule has 126 valence electrons. The largest absolute Gasteiger partial charge is 0.373 e. The lowest BCUT2D eigenvalue weighted by Gasteiger charge is -2.38. The number of ether oxygens (including phenoxy) is 1. The first-order valence-electron chi connectivity index (χ1n) is 7.71. The van der Waals surface area contributed by atoms with Gasteiger partial charge in [-0.3, -0.25) is 4.90 Å². The first kappa shape index (κ1) is 17.9. The average molecular weight is 337 g/mol. The summed E-state index contributed by atoms with van der Waals surface area (Å²) in [6.45, 7) is 7.94. The lowest BCUT2D eigenvalue weighted by molar-refractivity contribution is -0.0776. The highest BCUT2D eigenvalue weighted by Gasteiger charge is 2.26. The lowest BCUT2D eigenvalue weighted by atomic mass is 10.2. The fourth-order valence-corrected chi connectivity index (χ4v) is 3.92. The first-order chi connectivity index (χ1) is 10.8. The summed E-state index contributed by atoms with van der Waals surface area (Å²) in [5.41, 5.74) is 0.330. The molecule has 6 nitrogen and oxygen atoms in total. The molecular formula is C16H23N3O3S. The van der Waals surface area contributed by atoms with E-state index in [9.17, 15) is 8.42 Å². The van der Waals surface area contributed by atoms with Crippen LogP contribution in [0, 0.1) is 11.3 Å². The smallest absolute Gasteiger partial charge is 0.240 e. The van der Waals surface area contributed by atoms with Crippen LogP contribution in [0.2, 0.25) is 0 Å². The van der Waals surface area contributed by atoms with Gasteiger partial charge >= 0.3 is 0 Å². The molecule has 0 radical (unpaired) electrons. The van der Waals surface area contributed by atoms with Gasteiger partial charge in [0.05, 0.1) is 28.7 Å². The van der Waals surface area contributed by atoms with E-state index in [1.807, 2.05) is 26.8 Å². The maximum Gasteiger partial charge on any atom is 0.240 e. The number of hydrogen-bond donors (Lipinski definition) is 1. The van der Waals surface area contributed by atoms with Crippen molar-refractivity contribution in [2.45, 2.75) is 43.9 Å². The predicted molar refractivity (Wildman–Crippen MR) is 87.4 cm³/mol. The van der Waals surface area contributed by atoms with Crippen molar-refractivity contribution in [3.05, 3.63) is 29.8 Å². The second kappa shape index (κ2) is 7.41. The second-order valence-corrected chi connectivity index (χ2v) is 7.82. The number of morpholine rings is 1. The molecule has 2 rings (SSSR count). The Hall–Kier alpha value is -1.46. The van der Waals surface area contributed by atoms with Gasteiger partial charge in [-0.1, -0.05) is 6.07 Å². The van der Waals surface area contributed by atoms with E-state index in [0.717, 1.165) is 13.1 Å². The van der Waals surface area contributed by atoms with Crippen molar-refractivity contribution in [2.24, 2.45) is 0 Å². The summed E-state index contributed by atoms with van der Waals surface area (Å²) in [6, 6.07) is 8.05. The maximum absolute atomic E-state index is 12.4. The molecule has 0 bridgehead atoms. The van der Waals surface area contributed by atoms with Crippen molar-refractivity contribution in [3.8, 4) is 6.07 Å². The van der Waals surface area contributed by atoms with Gasteiger partial charge in [0.25, 0.3) is 0 Å². The minimum Gasteiger partial charge on any atom is -0.373 e. The first-order valence-corrected chi connectivity index (χ1v) is 9.19. The molecular weight excluding hydrogens is 314 g/mol. The van der Waals surface area contributed by atoms with Crippen LogP contribution in [0.4, 0.5) is 0 Å². The molecule has 0 aromatic heterocycles. The number of sulfonamides is 1. The summed E-state index contributed by atoms with van der Waals surface area (Å²) in [4.78, 5) is 2.35. The molecule has 3 unspecified atom stereocenters. The van der Waals surface area contributed by atoms with E-state index in [4.69, 9.17) is 10.00 Å². The Morgan fingerprint density at radius 3 is 2.65 bits per heavy atom. The van der Waals surface area contributed by atoms with Crippen LogP contribution < -0.4 is 4.72 Å². The Morgan fingerprint density at radius 1 is 1.39 bits per heavy atom. The molecule has 1 aliphatic rings. The number of hydrogen-bond acceptors (Lipinski definition) is 5. The second-order valence-electron chi connectivity index (χ2n) is 6.05. The minimum atomic E-state index is -3.61. The molecule has 1 aromatic rings. The molecule has 23 heavy (non-hydrogen) atoms. The molecule has 7 heteroatoms. The van der Waals surface area contributed by atoms with Crippen LogP contribution in [0.5, 0.6) is 0 Å². The fourth-order valence-electron chi connectivity index (χ4n) is 2.75. The highest BCUT2D eigenvalue weighted by Crippen LogP contribution is 2.14. The molecule has 1 N–H and O–H groups in total. The molecule has 1 aliphatic heterocycles. The maximum atomic E-state index is 12.4. The van der Waals surface area contributed by atoms with Crippen LogP contribution in [0.25, 0.3) is 0 Å². The van der Waals surface area contributed by atoms with Crippen molar-refractivity contribution >= 4 is 10.0 Å². The van der Waals surface area contributed by atoms with Crippen molar-refractivity contribution in [1.29, 1.82) is 5.26 Å². The highest BCUT2D eigenvalue weighted by molar-refractivity contribution is 7.89. The molecule has 1 fully saturated rings. The van der Waals surface area contributed by atoms with E-state index in [1.165, 1.54) is 12.1 Å². The molecule has 0 spiro atoms. The van der Waals surface area contributed by atoms with Crippen molar-refractivity contribution in [2.75, 3.05) is 19.6 Å². The van der Waals surface area contributed by atoms with Crippen LogP contribution in [0.1, 0.15) is 26.3 Å². The van der Waals surface area contributed by atoms with Crippen LogP contribution in [0.3, 0.4) is 0 Å². The van der Waals surface area contributed by atoms with Gasteiger partial charge in [0.1, 0.15) is 0 Å². The number of rotatable bonds is 5. The molecule has 0 aliphatic carbocycles. The molecule has 1 saturated heterocycles. The molecule has 3 atom stereocenters. The number of benzene rings is 1. The summed E-state index contributed by atoms with van der Waals surface area (Å²) in [5.74, 6) is 0. The lowest BCUT2D eigenvalue weighted by Crippen LogP contribution is -2.52. The van der Waals surface area contributed by atoms with E-state index >= 15 is 0 Å². The van der Waals surface area contributed by atoms with Gasteiger partial charge in [-0.05, 0) is 39.0 Å². The zero-order chi connectivity index (χ0) is 17.0. The highest BCUT2D eigenvalue weighted by atomic mass is 32.2. The van der Waals surface area contributed by atoms with E-state index in [1.54, 1.807) is 12.1 Å². The summed E-state index contributed by atoms with van der Waals surface area (Å²) >= 11 is 0. The Labute approximate surface area is 138 Å². The third-order valence-electron chi connectivity index (χ3n) is 3.91. The van der Waals surface area contributed by atoms with Crippen molar-refractivity contribution < 1.29 is 13.2 Å². The van der Waals surface area contributed by atoms with Gasteiger partial charge in [-0.2, -0.15) is 5.26 Å². The summed E-state index contributed by atoms with van der Waals surface area (Å²) in [5, 5.41) is 8.88. The topological polar surface area (TPSA) is 82.4 Å². The molecule has 0 amide bonds. The zero-order valence-electron chi connectivity index (χ0n) is 13.7. The van der Waals surface area contributed by atoms with Gasteiger partial charge in [-0.15, -0.1) is 0 Å². The summed E-state index contributed by atoms with van der Waals surface area (Å²) in [7, 11) is -3.61. The number of nitrogens with zero attached hydrogens (tertiary/aromatic N) is 2. The normalized spacial score (nSPS) is 24.1. The number of nitriles is 1. The SMILES string of the molecule is CC1CN(C(C)CNS(=O)(=O)c2cccc(C#N)c2)CC(C)O1. The number of nitrogens with one attached hydrogen (secondary N) is 1. The Balaban J connectivity index is 2.00. The Kier molecular flexibility index (Phi) is 5.76. The van der Waals surface area contributed by atoms with Gasteiger partial charge in [0.2, 0.25) is 10.0 Å². The van der Waals surface area contributed by atoms with Gasteiger partial charge in [0, 0.05) is 25.7 Å². The van der Waals surface area contributed by atoms with E-state index in [2.05, 4.69) is 9.62 Å². The molecule has 1 heterocycles. The predicted octanol–water partition coefficient (Wildman–Crippen LogP) is 1.33. The van der Waals surface area contributed by atoms with Crippen LogP contribution >= 0.6 is 0 Å². The van der Waals surface area contributed by atoms with Crippen molar-refractivity contribution in [1.82, 2.24) is 9.62 Å². The van der Waals surface area contributed by atoms with Crippen LogP contribution in [-0.2, 0) is 14.8 Å². The van der Waals surface area contributed by atoms with Gasteiger partial charge in [-0.25, -0.2) is 13.1 Å². The van der Waals surface area contributed by atoms with Gasteiger partial charge in [0.15, 0.2) is 0 Å². The monoisotopic (exact) mass is 337 g/mol. The average Bonchev–Trinajstić information content (AvgIpc) is 2.51. The minimum absolute atomic E-state index is 0.0673. The van der Waals surface area contributed by atoms with E-state index in [-0.39, 0.29) is 23.1 Å². The Morgan fingerprint density at radius 2 is 2.04 bits per heavy atom. The Bertz CT molecular complexity index is 674. The van der Waals surface area contributed by atoms with Crippen molar-refractivity contribution in [3.63, 3.8) is 0 Å². The zero-order valence-corrected chi connectivity index (χ0v) is 14.5. The fraction of sp³-hybridized carbons (Fsp3) is 0.562. The molecule has 0 saturated carbocycles. The third-order valence-corrected chi connectivity index (χ3v) is 5.33.